The van der Waals surface area contributed by atoms with E-state index in [1.54, 1.807) is 30.6 Å². The maximum absolute atomic E-state index is 12.2. The van der Waals surface area contributed by atoms with E-state index in [1.165, 1.54) is 6.07 Å². The van der Waals surface area contributed by atoms with Gasteiger partial charge in [0, 0.05) is 33.8 Å². The lowest BCUT2D eigenvalue weighted by atomic mass is 10.1. The predicted octanol–water partition coefficient (Wildman–Crippen LogP) is 2.90. The van der Waals surface area contributed by atoms with E-state index in [-0.39, 0.29) is 24.4 Å². The molecular weight excluding hydrogens is 438 g/mol. The molecule has 1 aromatic carbocycles. The third-order valence-electron chi connectivity index (χ3n) is 3.83. The number of hydrogen-bond donors (Lipinski definition) is 3. The van der Waals surface area contributed by atoms with Crippen LogP contribution in [0.5, 0.6) is 0 Å². The molecule has 27 heavy (non-hydrogen) atoms. The van der Waals surface area contributed by atoms with Crippen LogP contribution >= 0.6 is 27.5 Å². The number of amides is 1. The number of aromatic nitrogens is 2. The van der Waals surface area contributed by atoms with E-state index in [4.69, 9.17) is 16.7 Å². The highest BCUT2D eigenvalue weighted by Gasteiger charge is 2.13. The Morgan fingerprint density at radius 3 is 2.70 bits per heavy atom. The van der Waals surface area contributed by atoms with Crippen LogP contribution in [0.25, 0.3) is 10.9 Å². The van der Waals surface area contributed by atoms with Gasteiger partial charge in [-0.2, -0.15) is 0 Å². The standard InChI is InChI=1S/C18H13BrClN3O4/c19-12-1-9(6-21-8-12)2-15(24)22-7-11-4-13(20)3-10-5-14(18(26)27)17(25)23-16(10)11/h1,3-6,8H,2,7H2,(H,22,24)(H,23,25)(H,26,27). The van der Waals surface area contributed by atoms with Crippen molar-refractivity contribution in [3.05, 3.63) is 73.2 Å². The Balaban J connectivity index is 1.84. The average molecular weight is 451 g/mol. The summed E-state index contributed by atoms with van der Waals surface area (Å²) < 4.78 is 0.778. The molecule has 7 nitrogen and oxygen atoms in total. The van der Waals surface area contributed by atoms with Crippen LogP contribution in [0.1, 0.15) is 21.5 Å². The Morgan fingerprint density at radius 1 is 1.22 bits per heavy atom. The summed E-state index contributed by atoms with van der Waals surface area (Å²) >= 11 is 9.39. The lowest BCUT2D eigenvalue weighted by Gasteiger charge is -2.10. The fourth-order valence-corrected chi connectivity index (χ4v) is 3.31. The quantitative estimate of drug-likeness (QED) is 0.553. The van der Waals surface area contributed by atoms with Crippen molar-refractivity contribution in [2.45, 2.75) is 13.0 Å². The van der Waals surface area contributed by atoms with Gasteiger partial charge in [-0.3, -0.25) is 14.6 Å². The van der Waals surface area contributed by atoms with Crippen molar-refractivity contribution < 1.29 is 14.7 Å². The molecule has 138 valence electrons. The summed E-state index contributed by atoms with van der Waals surface area (Å²) in [5, 5.41) is 12.7. The van der Waals surface area contributed by atoms with Crippen molar-refractivity contribution in [1.29, 1.82) is 0 Å². The molecule has 2 heterocycles. The number of aromatic carboxylic acids is 1. The third kappa shape index (κ3) is 4.53. The number of carboxylic acids is 1. The molecule has 2 aromatic heterocycles. The van der Waals surface area contributed by atoms with Gasteiger partial charge in [-0.05, 0) is 51.3 Å². The number of carbonyl (C=O) groups excluding carboxylic acids is 1. The Bertz CT molecular complexity index is 1110. The van der Waals surface area contributed by atoms with E-state index in [1.807, 2.05) is 0 Å². The first-order chi connectivity index (χ1) is 12.8. The minimum absolute atomic E-state index is 0.125. The summed E-state index contributed by atoms with van der Waals surface area (Å²) in [4.78, 5) is 41.8. The van der Waals surface area contributed by atoms with Gasteiger partial charge in [-0.25, -0.2) is 4.79 Å². The number of halogens is 2. The van der Waals surface area contributed by atoms with Crippen LogP contribution in [0, 0.1) is 0 Å². The minimum atomic E-state index is -1.32. The number of rotatable bonds is 5. The van der Waals surface area contributed by atoms with Gasteiger partial charge in [-0.15, -0.1) is 0 Å². The van der Waals surface area contributed by atoms with Crippen molar-refractivity contribution in [2.75, 3.05) is 0 Å². The number of benzene rings is 1. The fourth-order valence-electron chi connectivity index (χ4n) is 2.65. The smallest absolute Gasteiger partial charge is 0.341 e. The normalized spacial score (nSPS) is 10.7. The molecule has 1 amide bonds. The lowest BCUT2D eigenvalue weighted by Crippen LogP contribution is -2.25. The zero-order valence-corrected chi connectivity index (χ0v) is 16.1. The van der Waals surface area contributed by atoms with Gasteiger partial charge in [0.05, 0.1) is 11.9 Å². The zero-order valence-electron chi connectivity index (χ0n) is 13.8. The van der Waals surface area contributed by atoms with E-state index in [2.05, 4.69) is 31.2 Å². The Labute approximate surface area is 166 Å². The summed E-state index contributed by atoms with van der Waals surface area (Å²) in [7, 11) is 0. The summed E-state index contributed by atoms with van der Waals surface area (Å²) in [6.07, 6.45) is 3.37. The Morgan fingerprint density at radius 2 is 2.00 bits per heavy atom. The average Bonchev–Trinajstić information content (AvgIpc) is 2.59. The van der Waals surface area contributed by atoms with Gasteiger partial charge < -0.3 is 15.4 Å². The van der Waals surface area contributed by atoms with Crippen molar-refractivity contribution in [3.63, 3.8) is 0 Å². The van der Waals surface area contributed by atoms with Crippen molar-refractivity contribution in [1.82, 2.24) is 15.3 Å². The number of carbonyl (C=O) groups is 2. The van der Waals surface area contributed by atoms with Crippen LogP contribution in [0.15, 0.2) is 45.9 Å². The second-order valence-electron chi connectivity index (χ2n) is 5.81. The number of hydrogen-bond acceptors (Lipinski definition) is 4. The second-order valence-corrected chi connectivity index (χ2v) is 7.16. The second kappa shape index (κ2) is 7.89. The van der Waals surface area contributed by atoms with Crippen LogP contribution < -0.4 is 10.9 Å². The zero-order chi connectivity index (χ0) is 19.6. The van der Waals surface area contributed by atoms with E-state index < -0.39 is 11.5 Å². The molecule has 0 atom stereocenters. The Kier molecular flexibility index (Phi) is 5.57. The van der Waals surface area contributed by atoms with Gasteiger partial charge in [0.2, 0.25) is 5.91 Å². The van der Waals surface area contributed by atoms with Gasteiger partial charge in [0.15, 0.2) is 0 Å². The van der Waals surface area contributed by atoms with Gasteiger partial charge >= 0.3 is 5.97 Å². The van der Waals surface area contributed by atoms with Gasteiger partial charge in [0.1, 0.15) is 5.56 Å². The molecule has 0 bridgehead atoms. The van der Waals surface area contributed by atoms with Crippen LogP contribution in [0.3, 0.4) is 0 Å². The molecule has 3 N–H and O–H groups in total. The molecule has 0 unspecified atom stereocenters. The Hall–Kier alpha value is -2.71. The highest BCUT2D eigenvalue weighted by Crippen LogP contribution is 2.22. The highest BCUT2D eigenvalue weighted by molar-refractivity contribution is 9.10. The monoisotopic (exact) mass is 449 g/mol. The summed E-state index contributed by atoms with van der Waals surface area (Å²) in [6.45, 7) is 0.125. The maximum atomic E-state index is 12.2. The lowest BCUT2D eigenvalue weighted by molar-refractivity contribution is -0.120. The first-order valence-corrected chi connectivity index (χ1v) is 8.95. The number of H-pyrrole nitrogens is 1. The van der Waals surface area contributed by atoms with Gasteiger partial charge in [-0.1, -0.05) is 11.6 Å². The molecule has 0 fully saturated rings. The number of nitrogens with one attached hydrogen (secondary N) is 2. The predicted molar refractivity (Wildman–Crippen MR) is 104 cm³/mol. The molecule has 0 aliphatic carbocycles. The summed E-state index contributed by atoms with van der Waals surface area (Å²) in [5.41, 5.74) is 0.662. The SMILES string of the molecule is O=C(Cc1cncc(Br)c1)NCc1cc(Cl)cc2cc(C(=O)O)c(=O)[nH]c12. The van der Waals surface area contributed by atoms with Crippen LogP contribution in [0.4, 0.5) is 0 Å². The van der Waals surface area contributed by atoms with Crippen molar-refractivity contribution >= 4 is 50.3 Å². The van der Waals surface area contributed by atoms with E-state index in [0.717, 1.165) is 10.0 Å². The van der Waals surface area contributed by atoms with Gasteiger partial charge in [0.25, 0.3) is 5.56 Å². The van der Waals surface area contributed by atoms with E-state index in [0.29, 0.717) is 21.5 Å². The molecule has 3 aromatic rings. The minimum Gasteiger partial charge on any atom is -0.477 e. The van der Waals surface area contributed by atoms with Crippen LogP contribution in [-0.4, -0.2) is 27.0 Å². The topological polar surface area (TPSA) is 112 Å². The van der Waals surface area contributed by atoms with Crippen LogP contribution in [0.2, 0.25) is 5.02 Å². The molecular formula is C18H13BrClN3O4. The van der Waals surface area contributed by atoms with E-state index in [9.17, 15) is 14.4 Å². The molecule has 0 spiro atoms. The first kappa shape index (κ1) is 19.1. The van der Waals surface area contributed by atoms with Crippen molar-refractivity contribution in [2.24, 2.45) is 0 Å². The fraction of sp³-hybridized carbons (Fsp3) is 0.111. The largest absolute Gasteiger partial charge is 0.477 e. The number of carboxylic acid groups (broad SMARTS) is 1. The number of pyridine rings is 2. The molecule has 0 aliphatic rings. The molecule has 0 saturated carbocycles. The molecule has 0 radical (unpaired) electrons. The summed E-state index contributed by atoms with van der Waals surface area (Å²) in [5.74, 6) is -1.55. The van der Waals surface area contributed by atoms with Crippen LogP contribution in [-0.2, 0) is 17.8 Å². The maximum Gasteiger partial charge on any atom is 0.341 e. The summed E-state index contributed by atoms with van der Waals surface area (Å²) in [6, 6.07) is 6.23. The van der Waals surface area contributed by atoms with Crippen molar-refractivity contribution in [3.8, 4) is 0 Å². The number of nitrogens with zero attached hydrogens (tertiary/aromatic N) is 1. The molecule has 0 aliphatic heterocycles. The number of aromatic amines is 1. The molecule has 0 saturated heterocycles. The first-order valence-electron chi connectivity index (χ1n) is 7.78. The molecule has 9 heteroatoms. The number of fused-ring (bicyclic) bond motifs is 1. The highest BCUT2D eigenvalue weighted by atomic mass is 79.9. The third-order valence-corrected chi connectivity index (χ3v) is 4.48. The van der Waals surface area contributed by atoms with E-state index >= 15 is 0 Å². The molecule has 3 rings (SSSR count).